The van der Waals surface area contributed by atoms with Gasteiger partial charge in [-0.3, -0.25) is 9.78 Å². The van der Waals surface area contributed by atoms with Gasteiger partial charge in [0.2, 0.25) is 15.9 Å². The molecule has 0 aliphatic carbocycles. The lowest BCUT2D eigenvalue weighted by molar-refractivity contribution is -0.115. The van der Waals surface area contributed by atoms with Gasteiger partial charge in [0.1, 0.15) is 16.4 Å². The van der Waals surface area contributed by atoms with Gasteiger partial charge in [-0.1, -0.05) is 29.3 Å². The number of sulfonamides is 1. The third kappa shape index (κ3) is 5.68. The van der Waals surface area contributed by atoms with Crippen LogP contribution in [0.1, 0.15) is 5.69 Å². The van der Waals surface area contributed by atoms with E-state index >= 15 is 0 Å². The molecule has 1 heterocycles. The number of carbonyl (C=O) groups is 1. The minimum absolute atomic E-state index is 0.000496. The van der Waals surface area contributed by atoms with Crippen molar-refractivity contribution in [2.75, 3.05) is 5.32 Å². The van der Waals surface area contributed by atoms with Gasteiger partial charge in [-0.05, 0) is 48.5 Å². The minimum Gasteiger partial charge on any atom is -0.456 e. The Morgan fingerprint density at radius 2 is 1.90 bits per heavy atom. The molecule has 29 heavy (non-hydrogen) atoms. The molecule has 0 fully saturated rings. The van der Waals surface area contributed by atoms with Gasteiger partial charge in [0.05, 0.1) is 17.1 Å². The Hall–Kier alpha value is -2.65. The third-order valence-corrected chi connectivity index (χ3v) is 5.23. The predicted molar refractivity (Wildman–Crippen MR) is 111 cm³/mol. The first-order chi connectivity index (χ1) is 13.7. The lowest BCUT2D eigenvalue weighted by atomic mass is 10.2. The van der Waals surface area contributed by atoms with Gasteiger partial charge in [-0.15, -0.1) is 0 Å². The zero-order valence-electron chi connectivity index (χ0n) is 14.8. The van der Waals surface area contributed by atoms with Crippen molar-refractivity contribution in [2.24, 2.45) is 5.14 Å². The normalized spacial score (nSPS) is 11.1. The van der Waals surface area contributed by atoms with Gasteiger partial charge in [-0.2, -0.15) is 0 Å². The Morgan fingerprint density at radius 3 is 2.59 bits per heavy atom. The van der Waals surface area contributed by atoms with Crippen molar-refractivity contribution in [1.82, 2.24) is 4.98 Å². The second-order valence-corrected chi connectivity index (χ2v) is 8.30. The van der Waals surface area contributed by atoms with E-state index in [0.29, 0.717) is 21.5 Å². The zero-order valence-corrected chi connectivity index (χ0v) is 17.1. The first-order valence-electron chi connectivity index (χ1n) is 8.22. The number of hydrogen-bond donors (Lipinski definition) is 2. The maximum atomic E-state index is 12.3. The fraction of sp³-hybridized carbons (Fsp3) is 0.0526. The highest BCUT2D eigenvalue weighted by Crippen LogP contribution is 2.31. The molecular weight excluding hydrogens is 437 g/mol. The number of halogens is 2. The van der Waals surface area contributed by atoms with Crippen LogP contribution in [0.3, 0.4) is 0 Å². The first kappa shape index (κ1) is 21.1. The van der Waals surface area contributed by atoms with E-state index in [1.54, 1.807) is 30.3 Å². The molecule has 0 atom stereocenters. The van der Waals surface area contributed by atoms with Crippen LogP contribution in [0.15, 0.2) is 65.7 Å². The quantitative estimate of drug-likeness (QED) is 0.587. The number of rotatable bonds is 6. The smallest absolute Gasteiger partial charge is 0.241 e. The molecule has 0 aliphatic heterocycles. The summed E-state index contributed by atoms with van der Waals surface area (Å²) in [6.45, 7) is 0. The van der Waals surface area contributed by atoms with Crippen molar-refractivity contribution >= 4 is 44.8 Å². The topological polar surface area (TPSA) is 111 Å². The summed E-state index contributed by atoms with van der Waals surface area (Å²) in [5, 5.41) is 8.69. The number of nitrogens with zero attached hydrogens (tertiary/aromatic N) is 1. The monoisotopic (exact) mass is 451 g/mol. The predicted octanol–water partition coefficient (Wildman–Crippen LogP) is 4.01. The number of pyridine rings is 1. The molecule has 3 aromatic rings. The van der Waals surface area contributed by atoms with Gasteiger partial charge in [0, 0.05) is 16.9 Å². The summed E-state index contributed by atoms with van der Waals surface area (Å²) in [5.41, 5.74) is 0.628. The number of benzene rings is 2. The molecule has 1 amide bonds. The van der Waals surface area contributed by atoms with Crippen LogP contribution >= 0.6 is 23.2 Å². The average molecular weight is 452 g/mol. The van der Waals surface area contributed by atoms with E-state index in [0.717, 1.165) is 0 Å². The molecule has 0 saturated carbocycles. The van der Waals surface area contributed by atoms with Gasteiger partial charge in [0.25, 0.3) is 0 Å². The van der Waals surface area contributed by atoms with Crippen molar-refractivity contribution in [3.8, 4) is 11.5 Å². The van der Waals surface area contributed by atoms with E-state index in [4.69, 9.17) is 33.1 Å². The molecule has 0 unspecified atom stereocenters. The largest absolute Gasteiger partial charge is 0.456 e. The first-order valence-corrected chi connectivity index (χ1v) is 10.5. The Labute approximate surface area is 177 Å². The molecule has 2 aromatic carbocycles. The lowest BCUT2D eigenvalue weighted by Crippen LogP contribution is -2.17. The molecule has 10 heteroatoms. The van der Waals surface area contributed by atoms with Gasteiger partial charge in [0.15, 0.2) is 0 Å². The van der Waals surface area contributed by atoms with Crippen molar-refractivity contribution < 1.29 is 17.9 Å². The SMILES string of the molecule is NS(=O)(=O)c1cc(NC(=O)Cc2ncccc2Cl)ccc1Oc1cccc(Cl)c1. The summed E-state index contributed by atoms with van der Waals surface area (Å²) >= 11 is 11.9. The minimum atomic E-state index is -4.13. The second kappa shape index (κ2) is 8.79. The summed E-state index contributed by atoms with van der Waals surface area (Å²) in [6.07, 6.45) is 1.45. The lowest BCUT2D eigenvalue weighted by Gasteiger charge is -2.13. The Balaban J connectivity index is 1.84. The number of nitrogens with one attached hydrogen (secondary N) is 1. The van der Waals surface area contributed by atoms with Crippen LogP contribution < -0.4 is 15.2 Å². The van der Waals surface area contributed by atoms with E-state index in [-0.39, 0.29) is 22.8 Å². The molecule has 0 bridgehead atoms. The number of primary sulfonamides is 1. The van der Waals surface area contributed by atoms with Crippen LogP contribution in [-0.4, -0.2) is 19.3 Å². The van der Waals surface area contributed by atoms with E-state index in [9.17, 15) is 13.2 Å². The standard InChI is InChI=1S/C19H15Cl2N3O4S/c20-12-3-1-4-14(9-12)28-17-7-6-13(10-18(17)29(22,26)27)24-19(25)11-16-15(21)5-2-8-23-16/h1-10H,11H2,(H,24,25)(H2,22,26,27). The van der Waals surface area contributed by atoms with Crippen molar-refractivity contribution in [2.45, 2.75) is 11.3 Å². The van der Waals surface area contributed by atoms with Crippen LogP contribution in [0.4, 0.5) is 5.69 Å². The molecule has 3 rings (SSSR count). The average Bonchev–Trinajstić information content (AvgIpc) is 2.64. The Bertz CT molecular complexity index is 1170. The Morgan fingerprint density at radius 1 is 1.10 bits per heavy atom. The summed E-state index contributed by atoms with van der Waals surface area (Å²) in [6, 6.07) is 13.8. The van der Waals surface area contributed by atoms with Gasteiger partial charge in [-0.25, -0.2) is 13.6 Å². The van der Waals surface area contributed by atoms with Crippen LogP contribution in [0, 0.1) is 0 Å². The number of nitrogens with two attached hydrogens (primary N) is 1. The highest BCUT2D eigenvalue weighted by Gasteiger charge is 2.18. The van der Waals surface area contributed by atoms with Crippen molar-refractivity contribution in [3.05, 3.63) is 76.5 Å². The number of ether oxygens (including phenoxy) is 1. The fourth-order valence-electron chi connectivity index (χ4n) is 2.46. The van der Waals surface area contributed by atoms with Crippen LogP contribution in [0.5, 0.6) is 11.5 Å². The Kier molecular flexibility index (Phi) is 6.39. The van der Waals surface area contributed by atoms with Crippen molar-refractivity contribution in [3.63, 3.8) is 0 Å². The summed E-state index contributed by atoms with van der Waals surface area (Å²) < 4.78 is 29.6. The molecule has 7 nitrogen and oxygen atoms in total. The summed E-state index contributed by atoms with van der Waals surface area (Å²) in [5.74, 6) is -0.0843. The van der Waals surface area contributed by atoms with E-state index in [1.807, 2.05) is 0 Å². The highest BCUT2D eigenvalue weighted by molar-refractivity contribution is 7.89. The molecule has 0 aliphatic rings. The second-order valence-electron chi connectivity index (χ2n) is 5.92. The maximum Gasteiger partial charge on any atom is 0.241 e. The van der Waals surface area contributed by atoms with Crippen molar-refractivity contribution in [1.29, 1.82) is 0 Å². The fourth-order valence-corrected chi connectivity index (χ4v) is 3.51. The number of aromatic nitrogens is 1. The van der Waals surface area contributed by atoms with E-state index in [1.165, 1.54) is 30.5 Å². The van der Waals surface area contributed by atoms with Gasteiger partial charge >= 0.3 is 0 Å². The maximum absolute atomic E-state index is 12.3. The summed E-state index contributed by atoms with van der Waals surface area (Å²) in [7, 11) is -4.13. The van der Waals surface area contributed by atoms with Crippen LogP contribution in [-0.2, 0) is 21.2 Å². The number of carbonyl (C=O) groups excluding carboxylic acids is 1. The third-order valence-electron chi connectivity index (χ3n) is 3.72. The molecule has 0 saturated heterocycles. The zero-order chi connectivity index (χ0) is 21.0. The number of hydrogen-bond acceptors (Lipinski definition) is 5. The number of amides is 1. The molecule has 0 spiro atoms. The highest BCUT2D eigenvalue weighted by atomic mass is 35.5. The van der Waals surface area contributed by atoms with E-state index in [2.05, 4.69) is 10.3 Å². The molecule has 3 N–H and O–H groups in total. The van der Waals surface area contributed by atoms with Gasteiger partial charge < -0.3 is 10.1 Å². The molecule has 1 aromatic heterocycles. The van der Waals surface area contributed by atoms with E-state index < -0.39 is 15.9 Å². The molecule has 0 radical (unpaired) electrons. The molecular formula is C19H15Cl2N3O4S. The molecule has 150 valence electrons. The summed E-state index contributed by atoms with van der Waals surface area (Å²) in [4.78, 5) is 16.0. The number of anilines is 1. The van der Waals surface area contributed by atoms with Crippen LogP contribution in [0.25, 0.3) is 0 Å². The van der Waals surface area contributed by atoms with Crippen LogP contribution in [0.2, 0.25) is 10.0 Å².